The summed E-state index contributed by atoms with van der Waals surface area (Å²) < 4.78 is 5.78. The molecule has 2 saturated heterocycles. The highest BCUT2D eigenvalue weighted by Gasteiger charge is 2.53. The van der Waals surface area contributed by atoms with Crippen molar-refractivity contribution in [2.75, 3.05) is 37.7 Å². The van der Waals surface area contributed by atoms with E-state index in [-0.39, 0.29) is 0 Å². The molecule has 3 aromatic heterocycles. The number of pyridine rings is 2. The summed E-state index contributed by atoms with van der Waals surface area (Å²) in [5, 5.41) is 1.08. The fourth-order valence-corrected chi connectivity index (χ4v) is 5.89. The summed E-state index contributed by atoms with van der Waals surface area (Å²) in [6.07, 6.45) is 11.3. The summed E-state index contributed by atoms with van der Waals surface area (Å²) in [5.74, 6) is 1.75. The van der Waals surface area contributed by atoms with Gasteiger partial charge in [0, 0.05) is 37.4 Å². The normalized spacial score (nSPS) is 27.2. The van der Waals surface area contributed by atoms with Crippen LogP contribution in [0.5, 0.6) is 0 Å². The van der Waals surface area contributed by atoms with Gasteiger partial charge in [0.15, 0.2) is 11.3 Å². The number of piperidine rings is 1. The molecule has 1 N–H and O–H groups in total. The van der Waals surface area contributed by atoms with E-state index < -0.39 is 5.66 Å². The molecule has 6 heteroatoms. The van der Waals surface area contributed by atoms with E-state index in [1.165, 1.54) is 24.8 Å². The number of H-pyrrole nitrogens is 1. The Hall–Kier alpha value is -2.70. The van der Waals surface area contributed by atoms with Crippen LogP contribution in [0, 0.1) is 5.92 Å². The van der Waals surface area contributed by atoms with Crippen LogP contribution in [-0.4, -0.2) is 52.7 Å². The van der Waals surface area contributed by atoms with Crippen molar-refractivity contribution in [1.29, 1.82) is 0 Å². The average molecular weight is 416 g/mol. The highest BCUT2D eigenvalue weighted by atomic mass is 16.5. The first-order valence-electron chi connectivity index (χ1n) is 11.5. The number of fused-ring (bicyclic) bond motifs is 2. The zero-order valence-corrected chi connectivity index (χ0v) is 17.8. The predicted octanol–water partition coefficient (Wildman–Crippen LogP) is 4.08. The number of aromatic amines is 1. The third-order valence-corrected chi connectivity index (χ3v) is 7.22. The van der Waals surface area contributed by atoms with Crippen LogP contribution < -0.4 is 4.90 Å². The molecule has 0 spiro atoms. The third-order valence-electron chi connectivity index (χ3n) is 7.22. The van der Waals surface area contributed by atoms with Crippen molar-refractivity contribution >= 4 is 16.9 Å². The van der Waals surface area contributed by atoms with Crippen LogP contribution in [0.4, 0.5) is 5.82 Å². The molecule has 3 aliphatic rings. The van der Waals surface area contributed by atoms with E-state index in [0.29, 0.717) is 5.92 Å². The number of hydrogen-bond donors (Lipinski definition) is 1. The van der Waals surface area contributed by atoms with Gasteiger partial charge in [0.05, 0.1) is 18.9 Å². The molecule has 3 aromatic rings. The smallest absolute Gasteiger partial charge is 0.161 e. The first kappa shape index (κ1) is 19.0. The van der Waals surface area contributed by atoms with Crippen LogP contribution in [0.2, 0.25) is 0 Å². The Balaban J connectivity index is 1.62. The largest absolute Gasteiger partial charge is 0.379 e. The zero-order valence-electron chi connectivity index (χ0n) is 17.8. The number of hydrogen-bond acceptors (Lipinski definition) is 5. The molecule has 0 amide bonds. The van der Waals surface area contributed by atoms with Crippen LogP contribution in [0.1, 0.15) is 31.4 Å². The minimum atomic E-state index is -0.413. The second-order valence-electron chi connectivity index (χ2n) is 8.80. The molecule has 2 unspecified atom stereocenters. The van der Waals surface area contributed by atoms with Gasteiger partial charge in [-0.1, -0.05) is 6.08 Å². The highest BCUT2D eigenvalue weighted by molar-refractivity contribution is 5.75. The maximum Gasteiger partial charge on any atom is 0.161 e. The topological polar surface area (TPSA) is 57.3 Å². The van der Waals surface area contributed by atoms with Gasteiger partial charge in [0.2, 0.25) is 0 Å². The molecule has 6 nitrogen and oxygen atoms in total. The lowest BCUT2D eigenvalue weighted by Gasteiger charge is -2.58. The maximum absolute atomic E-state index is 5.78. The van der Waals surface area contributed by atoms with Gasteiger partial charge >= 0.3 is 0 Å². The van der Waals surface area contributed by atoms with Gasteiger partial charge in [-0.15, -0.1) is 0 Å². The number of nitrogens with zero attached hydrogens (tertiary/aromatic N) is 4. The first-order valence-corrected chi connectivity index (χ1v) is 11.5. The molecule has 0 bridgehead atoms. The Labute approximate surface area is 182 Å². The second-order valence-corrected chi connectivity index (χ2v) is 8.80. The lowest BCUT2D eigenvalue weighted by Crippen LogP contribution is -2.66. The van der Waals surface area contributed by atoms with E-state index in [0.717, 1.165) is 61.8 Å². The number of allylic oxidation sites excluding steroid dienone is 1. The summed E-state index contributed by atoms with van der Waals surface area (Å²) in [6.45, 7) is 4.29. The summed E-state index contributed by atoms with van der Waals surface area (Å²) in [5.41, 5.74) is 3.00. The van der Waals surface area contributed by atoms with Crippen LogP contribution in [0.15, 0.2) is 60.4 Å². The monoisotopic (exact) mass is 415 g/mol. The van der Waals surface area contributed by atoms with Crippen molar-refractivity contribution in [3.05, 3.63) is 66.1 Å². The van der Waals surface area contributed by atoms with Gasteiger partial charge in [0.1, 0.15) is 5.82 Å². The van der Waals surface area contributed by atoms with Crippen LogP contribution in [-0.2, 0) is 10.4 Å². The molecule has 6 rings (SSSR count). The molecule has 2 aliphatic heterocycles. The van der Waals surface area contributed by atoms with Crippen LogP contribution in [0.3, 0.4) is 0 Å². The fraction of sp³-hybridized carbons (Fsp3) is 0.440. The first-order chi connectivity index (χ1) is 15.4. The van der Waals surface area contributed by atoms with E-state index in [1.807, 2.05) is 18.5 Å². The van der Waals surface area contributed by atoms with Gasteiger partial charge in [-0.25, -0.2) is 9.97 Å². The predicted molar refractivity (Wildman–Crippen MR) is 122 cm³/mol. The summed E-state index contributed by atoms with van der Waals surface area (Å²) in [7, 11) is 0. The molecule has 160 valence electrons. The SMILES string of the molecule is C1=C2C(CCC1)CCN(c1ccc[nH]1)C2(c1ccc2cccnc2n1)N1CCOCC1. The Morgan fingerprint density at radius 3 is 2.84 bits per heavy atom. The van der Waals surface area contributed by atoms with Crippen molar-refractivity contribution in [2.45, 2.75) is 31.3 Å². The number of anilines is 1. The molecule has 0 radical (unpaired) electrons. The Morgan fingerprint density at radius 2 is 1.97 bits per heavy atom. The lowest BCUT2D eigenvalue weighted by atomic mass is 9.72. The minimum Gasteiger partial charge on any atom is -0.379 e. The van der Waals surface area contributed by atoms with Crippen molar-refractivity contribution in [2.24, 2.45) is 5.92 Å². The molecule has 0 saturated carbocycles. The summed E-state index contributed by atoms with van der Waals surface area (Å²) in [6, 6.07) is 12.8. The minimum absolute atomic E-state index is 0.413. The number of nitrogens with one attached hydrogen (secondary N) is 1. The molecular formula is C25H29N5O. The Morgan fingerprint density at radius 1 is 1.03 bits per heavy atom. The van der Waals surface area contributed by atoms with Gasteiger partial charge in [-0.3, -0.25) is 4.90 Å². The molecule has 2 atom stereocenters. The second kappa shape index (κ2) is 7.77. The van der Waals surface area contributed by atoms with Crippen molar-refractivity contribution < 1.29 is 4.74 Å². The van der Waals surface area contributed by atoms with Crippen molar-refractivity contribution in [1.82, 2.24) is 19.9 Å². The maximum atomic E-state index is 5.78. The number of aromatic nitrogens is 3. The summed E-state index contributed by atoms with van der Waals surface area (Å²) >= 11 is 0. The number of ether oxygens (including phenoxy) is 1. The van der Waals surface area contributed by atoms with Crippen molar-refractivity contribution in [3.8, 4) is 0 Å². The van der Waals surface area contributed by atoms with Crippen LogP contribution in [0.25, 0.3) is 11.0 Å². The van der Waals surface area contributed by atoms with Gasteiger partial charge in [0.25, 0.3) is 0 Å². The van der Waals surface area contributed by atoms with Gasteiger partial charge in [-0.2, -0.15) is 0 Å². The van der Waals surface area contributed by atoms with E-state index in [1.54, 1.807) is 0 Å². The van der Waals surface area contributed by atoms with E-state index in [2.05, 4.69) is 56.2 Å². The standard InChI is InChI=1S/C25H29N5O/c1-2-7-21-19(5-1)11-14-30(23-8-4-12-26-23)25(21,29-15-17-31-18-16-29)22-10-9-20-6-3-13-27-24(20)28-22/h3-4,6-10,12-13,19,26H,1-2,5,11,14-18H2. The molecule has 1 aliphatic carbocycles. The number of rotatable bonds is 3. The molecule has 31 heavy (non-hydrogen) atoms. The quantitative estimate of drug-likeness (QED) is 0.653. The average Bonchev–Trinajstić information content (AvgIpc) is 3.38. The molecule has 5 heterocycles. The Bertz CT molecular complexity index is 1090. The van der Waals surface area contributed by atoms with E-state index >= 15 is 0 Å². The van der Waals surface area contributed by atoms with E-state index in [4.69, 9.17) is 9.72 Å². The summed E-state index contributed by atoms with van der Waals surface area (Å²) in [4.78, 5) is 18.5. The van der Waals surface area contributed by atoms with Crippen LogP contribution >= 0.6 is 0 Å². The number of morpholine rings is 1. The molecular weight excluding hydrogens is 386 g/mol. The molecule has 2 fully saturated rings. The fourth-order valence-electron chi connectivity index (χ4n) is 5.89. The lowest BCUT2D eigenvalue weighted by molar-refractivity contribution is -0.0238. The Kier molecular flexibility index (Phi) is 4.77. The zero-order chi connectivity index (χ0) is 20.7. The van der Waals surface area contributed by atoms with E-state index in [9.17, 15) is 0 Å². The van der Waals surface area contributed by atoms with Gasteiger partial charge in [-0.05, 0) is 73.6 Å². The third kappa shape index (κ3) is 3.00. The highest BCUT2D eigenvalue weighted by Crippen LogP contribution is 2.51. The van der Waals surface area contributed by atoms with Gasteiger partial charge < -0.3 is 14.6 Å². The molecule has 0 aromatic carbocycles. The van der Waals surface area contributed by atoms with Crippen molar-refractivity contribution in [3.63, 3.8) is 0 Å².